The molecular weight excluding hydrogens is 462 g/mol. The first kappa shape index (κ1) is 25.2. The van der Waals surface area contributed by atoms with E-state index >= 15 is 0 Å². The summed E-state index contributed by atoms with van der Waals surface area (Å²) in [4.78, 5) is 43.7. The Balaban J connectivity index is 1.33. The number of thiophene rings is 1. The van der Waals surface area contributed by atoms with Gasteiger partial charge in [-0.05, 0) is 67.2 Å². The zero-order valence-electron chi connectivity index (χ0n) is 20.6. The highest BCUT2D eigenvalue weighted by Gasteiger charge is 2.55. The van der Waals surface area contributed by atoms with E-state index in [1.165, 1.54) is 9.78 Å². The number of amides is 4. The first-order valence-electron chi connectivity index (χ1n) is 12.5. The molecule has 0 radical (unpaired) electrons. The molecule has 35 heavy (non-hydrogen) atoms. The Morgan fingerprint density at radius 3 is 2.51 bits per heavy atom. The highest BCUT2D eigenvalue weighted by atomic mass is 32.1. The molecule has 0 aliphatic carbocycles. The number of hydrogen-bond donors (Lipinski definition) is 1. The number of imide groups is 1. The van der Waals surface area contributed by atoms with E-state index in [1.807, 2.05) is 53.6 Å². The lowest BCUT2D eigenvalue weighted by Gasteiger charge is -2.41. The van der Waals surface area contributed by atoms with E-state index in [1.54, 1.807) is 18.4 Å². The molecule has 2 aromatic rings. The Morgan fingerprint density at radius 1 is 1.14 bits per heavy atom. The zero-order valence-corrected chi connectivity index (χ0v) is 21.4. The minimum absolute atomic E-state index is 0.0382. The van der Waals surface area contributed by atoms with Crippen LogP contribution in [0, 0.1) is 5.92 Å². The summed E-state index contributed by atoms with van der Waals surface area (Å²) in [6.07, 6.45) is 4.72. The number of nitrogens with one attached hydrogen (secondary N) is 1. The van der Waals surface area contributed by atoms with Crippen LogP contribution in [0.3, 0.4) is 0 Å². The third-order valence-corrected chi connectivity index (χ3v) is 8.28. The van der Waals surface area contributed by atoms with Crippen LogP contribution in [0.4, 0.5) is 4.79 Å². The number of methoxy groups -OCH3 is 1. The summed E-state index contributed by atoms with van der Waals surface area (Å²) in [7, 11) is 1.64. The monoisotopic (exact) mass is 497 g/mol. The van der Waals surface area contributed by atoms with Gasteiger partial charge in [0.15, 0.2) is 0 Å². The van der Waals surface area contributed by atoms with Crippen molar-refractivity contribution < 1.29 is 19.1 Å². The van der Waals surface area contributed by atoms with E-state index in [0.717, 1.165) is 30.6 Å². The quantitative estimate of drug-likeness (QED) is 0.498. The number of ether oxygens (including phenoxy) is 1. The van der Waals surface area contributed by atoms with Gasteiger partial charge < -0.3 is 15.0 Å². The van der Waals surface area contributed by atoms with Gasteiger partial charge in [0.2, 0.25) is 5.91 Å². The van der Waals surface area contributed by atoms with Gasteiger partial charge in [0.05, 0.1) is 7.11 Å². The number of rotatable bonds is 10. The van der Waals surface area contributed by atoms with Gasteiger partial charge in [0.25, 0.3) is 5.91 Å². The summed E-state index contributed by atoms with van der Waals surface area (Å²) in [5.41, 5.74) is 0.261. The molecule has 2 aliphatic rings. The fraction of sp³-hybridized carbons (Fsp3) is 0.519. The van der Waals surface area contributed by atoms with Crippen molar-refractivity contribution in [1.29, 1.82) is 0 Å². The average molecular weight is 498 g/mol. The molecular formula is C27H35N3O4S. The van der Waals surface area contributed by atoms with Crippen LogP contribution in [0.5, 0.6) is 5.75 Å². The van der Waals surface area contributed by atoms with Gasteiger partial charge >= 0.3 is 6.03 Å². The van der Waals surface area contributed by atoms with Crippen molar-refractivity contribution in [2.75, 3.05) is 26.7 Å². The minimum atomic E-state index is -0.848. The number of likely N-dealkylation sites (tertiary alicyclic amines) is 1. The van der Waals surface area contributed by atoms with Crippen LogP contribution in [-0.2, 0) is 22.4 Å². The van der Waals surface area contributed by atoms with Gasteiger partial charge in [-0.2, -0.15) is 0 Å². The molecule has 1 aromatic carbocycles. The third-order valence-electron chi connectivity index (χ3n) is 7.34. The van der Waals surface area contributed by atoms with Crippen molar-refractivity contribution in [3.8, 4) is 5.75 Å². The van der Waals surface area contributed by atoms with Crippen LogP contribution in [-0.4, -0.2) is 59.9 Å². The van der Waals surface area contributed by atoms with Crippen molar-refractivity contribution in [3.05, 3.63) is 52.2 Å². The molecule has 188 valence electrons. The van der Waals surface area contributed by atoms with Crippen LogP contribution >= 0.6 is 11.3 Å². The van der Waals surface area contributed by atoms with Crippen LogP contribution < -0.4 is 10.1 Å². The predicted octanol–water partition coefficient (Wildman–Crippen LogP) is 4.26. The molecule has 1 atom stereocenters. The Kier molecular flexibility index (Phi) is 8.11. The number of benzene rings is 1. The predicted molar refractivity (Wildman–Crippen MR) is 137 cm³/mol. The third kappa shape index (κ3) is 5.53. The Morgan fingerprint density at radius 2 is 1.89 bits per heavy atom. The SMILES string of the molecule is CCCC1(C2CCN(C(=O)CCc3ccc(OC)cc3)CC2)NC(=O)N(CCc2cccs2)C1=O. The lowest BCUT2D eigenvalue weighted by molar-refractivity contribution is -0.136. The van der Waals surface area contributed by atoms with E-state index in [0.29, 0.717) is 45.3 Å². The maximum atomic E-state index is 13.6. The van der Waals surface area contributed by atoms with Gasteiger partial charge in [0.1, 0.15) is 11.3 Å². The van der Waals surface area contributed by atoms with Crippen LogP contribution in [0.2, 0.25) is 0 Å². The lowest BCUT2D eigenvalue weighted by Crippen LogP contribution is -2.56. The molecule has 7 nitrogen and oxygen atoms in total. The Bertz CT molecular complexity index is 1020. The van der Waals surface area contributed by atoms with Gasteiger partial charge in [-0.1, -0.05) is 31.5 Å². The second-order valence-electron chi connectivity index (χ2n) is 9.44. The van der Waals surface area contributed by atoms with Crippen molar-refractivity contribution in [3.63, 3.8) is 0 Å². The normalized spacial score (nSPS) is 20.9. The summed E-state index contributed by atoms with van der Waals surface area (Å²) < 4.78 is 5.19. The van der Waals surface area contributed by atoms with E-state index in [4.69, 9.17) is 4.74 Å². The second-order valence-corrected chi connectivity index (χ2v) is 10.5. The molecule has 2 aliphatic heterocycles. The molecule has 1 unspecified atom stereocenters. The number of piperidine rings is 1. The van der Waals surface area contributed by atoms with Crippen LogP contribution in [0.15, 0.2) is 41.8 Å². The maximum absolute atomic E-state index is 13.6. The Hall–Kier alpha value is -2.87. The highest BCUT2D eigenvalue weighted by molar-refractivity contribution is 7.09. The zero-order chi connectivity index (χ0) is 24.8. The number of aryl methyl sites for hydroxylation is 1. The number of carbonyl (C=O) groups is 3. The molecule has 2 fully saturated rings. The van der Waals surface area contributed by atoms with Crippen molar-refractivity contribution in [2.24, 2.45) is 5.92 Å². The van der Waals surface area contributed by atoms with Crippen LogP contribution in [0.25, 0.3) is 0 Å². The molecule has 1 N–H and O–H groups in total. The number of nitrogens with zero attached hydrogens (tertiary/aromatic N) is 2. The molecule has 8 heteroatoms. The van der Waals surface area contributed by atoms with Gasteiger partial charge in [-0.3, -0.25) is 14.5 Å². The van der Waals surface area contributed by atoms with E-state index < -0.39 is 5.54 Å². The van der Waals surface area contributed by atoms with Crippen molar-refractivity contribution in [2.45, 2.75) is 57.4 Å². The largest absolute Gasteiger partial charge is 0.497 e. The first-order valence-corrected chi connectivity index (χ1v) is 13.4. The average Bonchev–Trinajstić information content (AvgIpc) is 3.48. The number of carbonyl (C=O) groups excluding carboxylic acids is 3. The Labute approximate surface area is 211 Å². The van der Waals surface area contributed by atoms with E-state index in [2.05, 4.69) is 5.32 Å². The van der Waals surface area contributed by atoms with Crippen molar-refractivity contribution in [1.82, 2.24) is 15.1 Å². The maximum Gasteiger partial charge on any atom is 0.325 e. The summed E-state index contributed by atoms with van der Waals surface area (Å²) in [6, 6.07) is 11.5. The molecule has 0 saturated carbocycles. The summed E-state index contributed by atoms with van der Waals surface area (Å²) in [5.74, 6) is 0.895. The van der Waals surface area contributed by atoms with Crippen LogP contribution in [0.1, 0.15) is 49.5 Å². The second kappa shape index (κ2) is 11.2. The molecule has 0 bridgehead atoms. The molecule has 0 spiro atoms. The number of hydrogen-bond acceptors (Lipinski definition) is 5. The summed E-state index contributed by atoms with van der Waals surface area (Å²) in [6.45, 7) is 3.69. The lowest BCUT2D eigenvalue weighted by atomic mass is 9.74. The summed E-state index contributed by atoms with van der Waals surface area (Å²) >= 11 is 1.64. The topological polar surface area (TPSA) is 79.0 Å². The van der Waals surface area contributed by atoms with E-state index in [9.17, 15) is 14.4 Å². The molecule has 4 rings (SSSR count). The minimum Gasteiger partial charge on any atom is -0.497 e. The molecule has 4 amide bonds. The molecule has 1 aromatic heterocycles. The van der Waals surface area contributed by atoms with Gasteiger partial charge in [-0.25, -0.2) is 4.79 Å². The smallest absolute Gasteiger partial charge is 0.325 e. The van der Waals surface area contributed by atoms with E-state index in [-0.39, 0.29) is 23.8 Å². The highest BCUT2D eigenvalue weighted by Crippen LogP contribution is 2.37. The van der Waals surface area contributed by atoms with Crippen molar-refractivity contribution >= 4 is 29.2 Å². The summed E-state index contributed by atoms with van der Waals surface area (Å²) in [5, 5.41) is 5.10. The number of urea groups is 1. The van der Waals surface area contributed by atoms with Gasteiger partial charge in [-0.15, -0.1) is 11.3 Å². The fourth-order valence-electron chi connectivity index (χ4n) is 5.39. The standard InChI is InChI=1S/C27H35N3O4S/c1-3-15-27(25(32)30(26(33)28-27)18-14-23-5-4-19-35-23)21-12-16-29(17-13-21)24(31)11-8-20-6-9-22(34-2)10-7-20/h4-7,9-10,19,21H,3,8,11-18H2,1-2H3,(H,28,33). The molecule has 3 heterocycles. The first-order chi connectivity index (χ1) is 17.0. The fourth-order valence-corrected chi connectivity index (χ4v) is 6.09. The molecule has 2 saturated heterocycles. The van der Waals surface area contributed by atoms with Gasteiger partial charge in [0, 0.05) is 30.9 Å².